The van der Waals surface area contributed by atoms with E-state index in [1.807, 2.05) is 0 Å². The summed E-state index contributed by atoms with van der Waals surface area (Å²) in [5.74, 6) is -1.96. The van der Waals surface area contributed by atoms with E-state index in [4.69, 9.17) is 5.11 Å². The molecule has 0 amide bonds. The first-order chi connectivity index (χ1) is 8.93. The fourth-order valence-electron chi connectivity index (χ4n) is 1.60. The summed E-state index contributed by atoms with van der Waals surface area (Å²) in [7, 11) is 1.24. The Morgan fingerprint density at radius 3 is 2.74 bits per heavy atom. The van der Waals surface area contributed by atoms with E-state index in [9.17, 15) is 14.0 Å². The van der Waals surface area contributed by atoms with Crippen molar-refractivity contribution >= 4 is 17.6 Å². The maximum Gasteiger partial charge on any atom is 0.339 e. The van der Waals surface area contributed by atoms with Crippen molar-refractivity contribution in [3.05, 3.63) is 29.6 Å². The number of hydrogen-bond donors (Lipinski definition) is 2. The highest BCUT2D eigenvalue weighted by atomic mass is 19.1. The predicted octanol–water partition coefficient (Wildman–Crippen LogP) is 2.28. The smallest absolute Gasteiger partial charge is 0.339 e. The van der Waals surface area contributed by atoms with Gasteiger partial charge in [0, 0.05) is 12.5 Å². The molecule has 0 bridgehead atoms. The Bertz CT molecular complexity index is 476. The van der Waals surface area contributed by atoms with Gasteiger partial charge in [0.15, 0.2) is 0 Å². The summed E-state index contributed by atoms with van der Waals surface area (Å²) in [5, 5.41) is 11.5. The Morgan fingerprint density at radius 2 is 2.16 bits per heavy atom. The van der Waals surface area contributed by atoms with Crippen LogP contribution in [0.15, 0.2) is 18.2 Å². The fourth-order valence-corrected chi connectivity index (χ4v) is 1.60. The SMILES string of the molecule is COC(=O)c1ccc(F)cc1NC(C)CCC(=O)O. The van der Waals surface area contributed by atoms with Crippen molar-refractivity contribution < 1.29 is 23.8 Å². The zero-order valence-corrected chi connectivity index (χ0v) is 10.8. The number of aliphatic carboxylic acids is 1. The molecule has 0 aliphatic heterocycles. The zero-order chi connectivity index (χ0) is 14.4. The van der Waals surface area contributed by atoms with Crippen molar-refractivity contribution in [1.82, 2.24) is 0 Å². The lowest BCUT2D eigenvalue weighted by molar-refractivity contribution is -0.137. The van der Waals surface area contributed by atoms with Gasteiger partial charge in [-0.25, -0.2) is 9.18 Å². The van der Waals surface area contributed by atoms with Crippen LogP contribution in [0.5, 0.6) is 0 Å². The minimum atomic E-state index is -0.902. The number of carboxylic acids is 1. The van der Waals surface area contributed by atoms with Crippen LogP contribution >= 0.6 is 0 Å². The van der Waals surface area contributed by atoms with Crippen LogP contribution in [0.4, 0.5) is 10.1 Å². The average Bonchev–Trinajstić information content (AvgIpc) is 2.35. The van der Waals surface area contributed by atoms with Gasteiger partial charge in [0.1, 0.15) is 5.82 Å². The Kier molecular flexibility index (Phi) is 5.29. The van der Waals surface area contributed by atoms with Gasteiger partial charge in [-0.05, 0) is 31.5 Å². The summed E-state index contributed by atoms with van der Waals surface area (Å²) in [6.07, 6.45) is 0.365. The number of benzene rings is 1. The second-order valence-electron chi connectivity index (χ2n) is 4.16. The van der Waals surface area contributed by atoms with E-state index < -0.39 is 17.8 Å². The highest BCUT2D eigenvalue weighted by Crippen LogP contribution is 2.20. The van der Waals surface area contributed by atoms with Gasteiger partial charge < -0.3 is 15.2 Å². The molecule has 104 valence electrons. The molecule has 5 nitrogen and oxygen atoms in total. The normalized spacial score (nSPS) is 11.7. The highest BCUT2D eigenvalue weighted by molar-refractivity contribution is 5.95. The van der Waals surface area contributed by atoms with Crippen molar-refractivity contribution in [2.24, 2.45) is 0 Å². The van der Waals surface area contributed by atoms with Gasteiger partial charge >= 0.3 is 11.9 Å². The second-order valence-corrected chi connectivity index (χ2v) is 4.16. The second kappa shape index (κ2) is 6.72. The average molecular weight is 269 g/mol. The monoisotopic (exact) mass is 269 g/mol. The Labute approximate surface area is 110 Å². The molecule has 0 aromatic heterocycles. The molecule has 0 heterocycles. The van der Waals surface area contributed by atoms with Crippen LogP contribution < -0.4 is 5.32 Å². The molecular weight excluding hydrogens is 253 g/mol. The van der Waals surface area contributed by atoms with E-state index in [0.29, 0.717) is 12.1 Å². The minimum Gasteiger partial charge on any atom is -0.481 e. The van der Waals surface area contributed by atoms with Crippen LogP contribution in [-0.2, 0) is 9.53 Å². The third-order valence-corrected chi connectivity index (χ3v) is 2.58. The molecule has 6 heteroatoms. The van der Waals surface area contributed by atoms with E-state index >= 15 is 0 Å². The number of carbonyl (C=O) groups excluding carboxylic acids is 1. The lowest BCUT2D eigenvalue weighted by atomic mass is 10.1. The summed E-state index contributed by atoms with van der Waals surface area (Å²) >= 11 is 0. The van der Waals surface area contributed by atoms with Crippen LogP contribution in [-0.4, -0.2) is 30.2 Å². The molecule has 19 heavy (non-hydrogen) atoms. The molecule has 1 aromatic carbocycles. The third kappa shape index (κ3) is 4.57. The van der Waals surface area contributed by atoms with Gasteiger partial charge in [-0.1, -0.05) is 0 Å². The van der Waals surface area contributed by atoms with E-state index in [2.05, 4.69) is 10.1 Å². The van der Waals surface area contributed by atoms with Gasteiger partial charge in [-0.3, -0.25) is 4.79 Å². The van der Waals surface area contributed by atoms with Gasteiger partial charge in [0.25, 0.3) is 0 Å². The molecular formula is C13H16FNO4. The number of hydrogen-bond acceptors (Lipinski definition) is 4. The van der Waals surface area contributed by atoms with E-state index in [1.54, 1.807) is 6.92 Å². The van der Waals surface area contributed by atoms with Crippen LogP contribution in [0.1, 0.15) is 30.1 Å². The molecule has 2 N–H and O–H groups in total. The first-order valence-electron chi connectivity index (χ1n) is 5.80. The van der Waals surface area contributed by atoms with Crippen LogP contribution in [0.2, 0.25) is 0 Å². The topological polar surface area (TPSA) is 75.6 Å². The Balaban J connectivity index is 2.83. The van der Waals surface area contributed by atoms with Gasteiger partial charge in [0.2, 0.25) is 0 Å². The lowest BCUT2D eigenvalue weighted by Gasteiger charge is -2.16. The number of methoxy groups -OCH3 is 1. The largest absolute Gasteiger partial charge is 0.481 e. The summed E-state index contributed by atoms with van der Waals surface area (Å²) in [4.78, 5) is 22.0. The lowest BCUT2D eigenvalue weighted by Crippen LogP contribution is -2.19. The molecule has 1 atom stereocenters. The number of esters is 1. The van der Waals surface area contributed by atoms with Crippen molar-refractivity contribution in [3.8, 4) is 0 Å². The molecule has 1 rings (SSSR count). The van der Waals surface area contributed by atoms with E-state index in [1.165, 1.54) is 25.3 Å². The molecule has 1 aromatic rings. The van der Waals surface area contributed by atoms with Crippen molar-refractivity contribution in [2.45, 2.75) is 25.8 Å². The molecule has 0 aliphatic rings. The summed E-state index contributed by atoms with van der Waals surface area (Å²) in [6.45, 7) is 1.76. The van der Waals surface area contributed by atoms with Crippen molar-refractivity contribution in [1.29, 1.82) is 0 Å². The van der Waals surface area contributed by atoms with Crippen molar-refractivity contribution in [3.63, 3.8) is 0 Å². The minimum absolute atomic E-state index is 0.00294. The zero-order valence-electron chi connectivity index (χ0n) is 10.8. The van der Waals surface area contributed by atoms with Gasteiger partial charge in [-0.2, -0.15) is 0 Å². The number of carbonyl (C=O) groups is 2. The maximum atomic E-state index is 13.2. The first kappa shape index (κ1) is 14.9. The van der Waals surface area contributed by atoms with Gasteiger partial charge in [-0.15, -0.1) is 0 Å². The number of carboxylic acid groups (broad SMARTS) is 1. The molecule has 0 fully saturated rings. The third-order valence-electron chi connectivity index (χ3n) is 2.58. The number of ether oxygens (including phenoxy) is 1. The molecule has 0 spiro atoms. The van der Waals surface area contributed by atoms with Crippen LogP contribution in [0, 0.1) is 5.82 Å². The molecule has 0 aliphatic carbocycles. The van der Waals surface area contributed by atoms with Crippen LogP contribution in [0.25, 0.3) is 0 Å². The van der Waals surface area contributed by atoms with Crippen LogP contribution in [0.3, 0.4) is 0 Å². The van der Waals surface area contributed by atoms with E-state index in [0.717, 1.165) is 0 Å². The summed E-state index contributed by atoms with van der Waals surface area (Å²) in [5.41, 5.74) is 0.510. The number of rotatable bonds is 6. The molecule has 0 radical (unpaired) electrons. The van der Waals surface area contributed by atoms with E-state index in [-0.39, 0.29) is 18.0 Å². The highest BCUT2D eigenvalue weighted by Gasteiger charge is 2.14. The standard InChI is InChI=1S/C13H16FNO4/c1-8(3-6-12(16)17)15-11-7-9(14)4-5-10(11)13(18)19-2/h4-5,7-8,15H,3,6H2,1-2H3,(H,16,17). The number of nitrogens with one attached hydrogen (secondary N) is 1. The molecule has 0 saturated heterocycles. The summed E-state index contributed by atoms with van der Waals surface area (Å²) in [6, 6.07) is 3.47. The Hall–Kier alpha value is -2.11. The number of anilines is 1. The predicted molar refractivity (Wildman–Crippen MR) is 67.7 cm³/mol. The first-order valence-corrected chi connectivity index (χ1v) is 5.80. The molecule has 0 saturated carbocycles. The number of halogens is 1. The quantitative estimate of drug-likeness (QED) is 0.775. The van der Waals surface area contributed by atoms with Gasteiger partial charge in [0.05, 0.1) is 18.4 Å². The summed E-state index contributed by atoms with van der Waals surface area (Å²) < 4.78 is 17.8. The molecule has 1 unspecified atom stereocenters. The fraction of sp³-hybridized carbons (Fsp3) is 0.385. The maximum absolute atomic E-state index is 13.2. The van der Waals surface area contributed by atoms with Crippen molar-refractivity contribution in [2.75, 3.05) is 12.4 Å². The Morgan fingerprint density at radius 1 is 1.47 bits per heavy atom.